The topological polar surface area (TPSA) is 41.1 Å². The Balaban J connectivity index is 2.52. The maximum absolute atomic E-state index is 12.6. The normalized spacial score (nSPS) is 11.1. The van der Waals surface area contributed by atoms with Crippen molar-refractivity contribution in [2.24, 2.45) is 0 Å². The van der Waals surface area contributed by atoms with E-state index in [0.717, 1.165) is 0 Å². The number of carbonyl (C=O) groups excluding carboxylic acids is 1. The standard InChI is InChI=1S/C12H15FN2O/c1-3-9(4-2)12(16)15-14-11-7-5-10(13)6-8-11/h3,5-8,14H,4H2,1-2H3,(H,15,16). The minimum absolute atomic E-state index is 0.172. The molecule has 1 aromatic rings. The molecular formula is C12H15FN2O. The van der Waals surface area contributed by atoms with E-state index in [-0.39, 0.29) is 11.7 Å². The van der Waals surface area contributed by atoms with E-state index in [9.17, 15) is 9.18 Å². The Morgan fingerprint density at radius 1 is 1.38 bits per heavy atom. The molecule has 0 saturated heterocycles. The Bertz CT molecular complexity index is 385. The Labute approximate surface area is 94.3 Å². The lowest BCUT2D eigenvalue weighted by atomic mass is 10.2. The van der Waals surface area contributed by atoms with E-state index >= 15 is 0 Å². The quantitative estimate of drug-likeness (QED) is 0.607. The molecule has 0 aliphatic carbocycles. The minimum Gasteiger partial charge on any atom is -0.298 e. The second-order valence-electron chi connectivity index (χ2n) is 3.25. The number of halogens is 1. The molecule has 0 saturated carbocycles. The monoisotopic (exact) mass is 222 g/mol. The number of allylic oxidation sites excluding steroid dienone is 1. The van der Waals surface area contributed by atoms with Crippen LogP contribution in [0.1, 0.15) is 20.3 Å². The van der Waals surface area contributed by atoms with Crippen LogP contribution < -0.4 is 10.9 Å². The number of benzene rings is 1. The molecule has 86 valence electrons. The van der Waals surface area contributed by atoms with Crippen LogP contribution in [-0.4, -0.2) is 5.91 Å². The Hall–Kier alpha value is -1.84. The smallest absolute Gasteiger partial charge is 0.265 e. The molecular weight excluding hydrogens is 207 g/mol. The molecule has 3 nitrogen and oxygen atoms in total. The van der Waals surface area contributed by atoms with E-state index in [4.69, 9.17) is 0 Å². The first-order valence-electron chi connectivity index (χ1n) is 5.14. The highest BCUT2D eigenvalue weighted by Crippen LogP contribution is 2.07. The lowest BCUT2D eigenvalue weighted by Crippen LogP contribution is -2.30. The largest absolute Gasteiger partial charge is 0.298 e. The first kappa shape index (κ1) is 12.2. The first-order valence-corrected chi connectivity index (χ1v) is 5.14. The third kappa shape index (κ3) is 3.38. The van der Waals surface area contributed by atoms with Gasteiger partial charge in [0.15, 0.2) is 0 Å². The van der Waals surface area contributed by atoms with Gasteiger partial charge in [0.25, 0.3) is 5.91 Å². The molecule has 0 spiro atoms. The van der Waals surface area contributed by atoms with Gasteiger partial charge >= 0.3 is 0 Å². The molecule has 0 unspecified atom stereocenters. The number of hydrazine groups is 1. The molecule has 0 atom stereocenters. The molecule has 0 bridgehead atoms. The second-order valence-corrected chi connectivity index (χ2v) is 3.25. The highest BCUT2D eigenvalue weighted by Gasteiger charge is 2.04. The van der Waals surface area contributed by atoms with Crippen LogP contribution in [0.25, 0.3) is 0 Å². The maximum Gasteiger partial charge on any atom is 0.265 e. The van der Waals surface area contributed by atoms with Crippen LogP contribution in [0.2, 0.25) is 0 Å². The summed E-state index contributed by atoms with van der Waals surface area (Å²) in [6, 6.07) is 5.75. The van der Waals surface area contributed by atoms with Gasteiger partial charge in [0.2, 0.25) is 0 Å². The zero-order valence-electron chi connectivity index (χ0n) is 9.38. The summed E-state index contributed by atoms with van der Waals surface area (Å²) in [6.07, 6.45) is 2.44. The average Bonchev–Trinajstić information content (AvgIpc) is 2.30. The lowest BCUT2D eigenvalue weighted by Gasteiger charge is -2.09. The fourth-order valence-corrected chi connectivity index (χ4v) is 1.24. The molecule has 0 heterocycles. The maximum atomic E-state index is 12.6. The summed E-state index contributed by atoms with van der Waals surface area (Å²) >= 11 is 0. The van der Waals surface area contributed by atoms with Crippen LogP contribution in [0, 0.1) is 5.82 Å². The summed E-state index contributed by atoms with van der Waals surface area (Å²) in [5.41, 5.74) is 6.60. The van der Waals surface area contributed by atoms with Crippen LogP contribution in [0.4, 0.5) is 10.1 Å². The van der Waals surface area contributed by atoms with Crippen molar-refractivity contribution < 1.29 is 9.18 Å². The van der Waals surface area contributed by atoms with Gasteiger partial charge in [0.05, 0.1) is 5.69 Å². The van der Waals surface area contributed by atoms with Crippen molar-refractivity contribution in [2.45, 2.75) is 20.3 Å². The van der Waals surface area contributed by atoms with Gasteiger partial charge in [-0.05, 0) is 37.6 Å². The number of hydrogen-bond acceptors (Lipinski definition) is 2. The van der Waals surface area contributed by atoms with Gasteiger partial charge in [0, 0.05) is 5.57 Å². The lowest BCUT2D eigenvalue weighted by molar-refractivity contribution is -0.117. The van der Waals surface area contributed by atoms with Gasteiger partial charge in [-0.2, -0.15) is 0 Å². The highest BCUT2D eigenvalue weighted by molar-refractivity contribution is 5.93. The summed E-state index contributed by atoms with van der Waals surface area (Å²) in [7, 11) is 0. The number of amides is 1. The highest BCUT2D eigenvalue weighted by atomic mass is 19.1. The Morgan fingerprint density at radius 3 is 2.50 bits per heavy atom. The van der Waals surface area contributed by atoms with Crippen LogP contribution in [0.15, 0.2) is 35.9 Å². The van der Waals surface area contributed by atoms with Crippen molar-refractivity contribution >= 4 is 11.6 Å². The predicted molar refractivity (Wildman–Crippen MR) is 62.2 cm³/mol. The first-order chi connectivity index (χ1) is 7.67. The second kappa shape index (κ2) is 5.90. The molecule has 0 fully saturated rings. The molecule has 1 amide bonds. The van der Waals surface area contributed by atoms with Crippen molar-refractivity contribution in [3.8, 4) is 0 Å². The number of rotatable bonds is 4. The van der Waals surface area contributed by atoms with Crippen LogP contribution in [-0.2, 0) is 4.79 Å². The molecule has 2 N–H and O–H groups in total. The van der Waals surface area contributed by atoms with E-state index in [1.54, 1.807) is 18.2 Å². The summed E-state index contributed by atoms with van der Waals surface area (Å²) in [5, 5.41) is 0. The van der Waals surface area contributed by atoms with E-state index in [2.05, 4.69) is 10.9 Å². The van der Waals surface area contributed by atoms with Crippen molar-refractivity contribution in [3.63, 3.8) is 0 Å². The summed E-state index contributed by atoms with van der Waals surface area (Å²) in [6.45, 7) is 3.73. The van der Waals surface area contributed by atoms with Crippen LogP contribution >= 0.6 is 0 Å². The number of anilines is 1. The third-order valence-electron chi connectivity index (χ3n) is 2.19. The SMILES string of the molecule is CC=C(CC)C(=O)NNc1ccc(F)cc1. The van der Waals surface area contributed by atoms with Gasteiger partial charge in [0.1, 0.15) is 5.82 Å². The minimum atomic E-state index is -0.306. The number of carbonyl (C=O) groups is 1. The fraction of sp³-hybridized carbons (Fsp3) is 0.250. The molecule has 0 aliphatic heterocycles. The van der Waals surface area contributed by atoms with E-state index in [1.807, 2.05) is 13.8 Å². The van der Waals surface area contributed by atoms with Crippen LogP contribution in [0.5, 0.6) is 0 Å². The molecule has 0 radical (unpaired) electrons. The van der Waals surface area contributed by atoms with E-state index in [0.29, 0.717) is 17.7 Å². The van der Waals surface area contributed by atoms with Crippen molar-refractivity contribution in [1.82, 2.24) is 5.43 Å². The molecule has 16 heavy (non-hydrogen) atoms. The van der Waals surface area contributed by atoms with Gasteiger partial charge < -0.3 is 0 Å². The molecule has 1 aromatic carbocycles. The number of nitrogens with one attached hydrogen (secondary N) is 2. The Morgan fingerprint density at radius 2 is 2.00 bits per heavy atom. The summed E-state index contributed by atoms with van der Waals surface area (Å²) < 4.78 is 12.6. The zero-order valence-corrected chi connectivity index (χ0v) is 9.38. The summed E-state index contributed by atoms with van der Waals surface area (Å²) in [5.74, 6) is -0.478. The van der Waals surface area contributed by atoms with Gasteiger partial charge in [-0.1, -0.05) is 13.0 Å². The zero-order chi connectivity index (χ0) is 12.0. The molecule has 0 aromatic heterocycles. The third-order valence-corrected chi connectivity index (χ3v) is 2.19. The van der Waals surface area contributed by atoms with Crippen molar-refractivity contribution in [1.29, 1.82) is 0 Å². The van der Waals surface area contributed by atoms with E-state index in [1.165, 1.54) is 12.1 Å². The van der Waals surface area contributed by atoms with Crippen LogP contribution in [0.3, 0.4) is 0 Å². The van der Waals surface area contributed by atoms with Crippen molar-refractivity contribution in [3.05, 3.63) is 41.7 Å². The predicted octanol–water partition coefficient (Wildman–Crippen LogP) is 2.63. The molecule has 4 heteroatoms. The Kier molecular flexibility index (Phi) is 4.51. The number of hydrogen-bond donors (Lipinski definition) is 2. The van der Waals surface area contributed by atoms with Gasteiger partial charge in [-0.15, -0.1) is 0 Å². The van der Waals surface area contributed by atoms with Gasteiger partial charge in [-0.25, -0.2) is 4.39 Å². The molecule has 1 rings (SSSR count). The van der Waals surface area contributed by atoms with Crippen molar-refractivity contribution in [2.75, 3.05) is 5.43 Å². The van der Waals surface area contributed by atoms with E-state index < -0.39 is 0 Å². The summed E-state index contributed by atoms with van der Waals surface area (Å²) in [4.78, 5) is 11.5. The fourth-order valence-electron chi connectivity index (χ4n) is 1.24. The van der Waals surface area contributed by atoms with Gasteiger partial charge in [-0.3, -0.25) is 15.6 Å². The molecule has 0 aliphatic rings. The average molecular weight is 222 g/mol.